The van der Waals surface area contributed by atoms with E-state index in [2.05, 4.69) is 39.2 Å². The highest BCUT2D eigenvalue weighted by Crippen LogP contribution is 2.29. The largest absolute Gasteiger partial charge is 0.349 e. The summed E-state index contributed by atoms with van der Waals surface area (Å²) in [6.45, 7) is 10.2. The van der Waals surface area contributed by atoms with Crippen LogP contribution in [0.15, 0.2) is 65.6 Å². The number of rotatable bonds is 7. The lowest BCUT2D eigenvalue weighted by atomic mass is 10.0. The zero-order valence-corrected chi connectivity index (χ0v) is 23.5. The molecule has 198 valence electrons. The molecule has 0 spiro atoms. The average Bonchev–Trinajstić information content (AvgIpc) is 2.85. The van der Waals surface area contributed by atoms with Crippen LogP contribution in [-0.4, -0.2) is 38.4 Å². The number of piperidine rings is 1. The van der Waals surface area contributed by atoms with Crippen molar-refractivity contribution < 1.29 is 13.2 Å². The molecule has 1 aliphatic rings. The van der Waals surface area contributed by atoms with Crippen molar-refractivity contribution >= 4 is 34.0 Å². The number of benzene rings is 3. The van der Waals surface area contributed by atoms with E-state index in [1.54, 1.807) is 24.3 Å². The number of para-hydroxylation sites is 1. The third-order valence-electron chi connectivity index (χ3n) is 7.15. The standard InChI is InChI=1S/C29H35N3O3S.ClH/c1-20-18-21(2)23(4)28(22(20)3)36(34,35)31-27-13-9-8-12-26(27)29(33)30-25-14-16-32(17-15-25)19-24-10-6-5-7-11-24;/h5-13,18,25,31H,14-17,19H2,1-4H3,(H,30,33);1H. The highest BCUT2D eigenvalue weighted by molar-refractivity contribution is 7.92. The first-order valence-electron chi connectivity index (χ1n) is 12.4. The number of halogens is 1. The minimum absolute atomic E-state index is 0. The van der Waals surface area contributed by atoms with Crippen molar-refractivity contribution in [1.29, 1.82) is 0 Å². The molecule has 1 heterocycles. The predicted molar refractivity (Wildman–Crippen MR) is 152 cm³/mol. The number of hydrogen-bond donors (Lipinski definition) is 2. The van der Waals surface area contributed by atoms with Crippen LogP contribution in [-0.2, 0) is 16.6 Å². The third-order valence-corrected chi connectivity index (χ3v) is 8.79. The van der Waals surface area contributed by atoms with E-state index < -0.39 is 10.0 Å². The highest BCUT2D eigenvalue weighted by Gasteiger charge is 2.26. The first-order chi connectivity index (χ1) is 17.2. The Bertz CT molecular complexity index is 1330. The second-order valence-corrected chi connectivity index (χ2v) is 11.4. The molecule has 0 bridgehead atoms. The molecule has 1 fully saturated rings. The lowest BCUT2D eigenvalue weighted by Gasteiger charge is -2.32. The Balaban J connectivity index is 0.00000380. The SMILES string of the molecule is Cc1cc(C)c(C)c(S(=O)(=O)Nc2ccccc2C(=O)NC2CCN(Cc3ccccc3)CC2)c1C.Cl. The van der Waals surface area contributed by atoms with Gasteiger partial charge >= 0.3 is 0 Å². The normalized spacial score (nSPS) is 14.6. The Hall–Kier alpha value is -2.87. The second-order valence-electron chi connectivity index (χ2n) is 9.75. The van der Waals surface area contributed by atoms with Gasteiger partial charge in [0.05, 0.1) is 16.1 Å². The Morgan fingerprint density at radius 3 is 2.08 bits per heavy atom. The van der Waals surface area contributed by atoms with Crippen LogP contribution in [0, 0.1) is 27.7 Å². The number of hydrogen-bond acceptors (Lipinski definition) is 4. The maximum absolute atomic E-state index is 13.5. The zero-order chi connectivity index (χ0) is 25.9. The third kappa shape index (κ3) is 6.72. The number of carbonyl (C=O) groups excluding carboxylic acids is 1. The van der Waals surface area contributed by atoms with Crippen LogP contribution in [0.4, 0.5) is 5.69 Å². The Morgan fingerprint density at radius 1 is 0.892 bits per heavy atom. The first-order valence-corrected chi connectivity index (χ1v) is 13.9. The van der Waals surface area contributed by atoms with Gasteiger partial charge in [0.25, 0.3) is 15.9 Å². The van der Waals surface area contributed by atoms with E-state index in [1.165, 1.54) is 5.56 Å². The van der Waals surface area contributed by atoms with Gasteiger partial charge in [0, 0.05) is 25.7 Å². The van der Waals surface area contributed by atoms with Crippen LogP contribution in [0.5, 0.6) is 0 Å². The molecule has 1 saturated heterocycles. The molecule has 3 aromatic carbocycles. The quantitative estimate of drug-likeness (QED) is 0.412. The molecule has 0 aromatic heterocycles. The summed E-state index contributed by atoms with van der Waals surface area (Å²) in [7, 11) is -3.88. The van der Waals surface area contributed by atoms with Gasteiger partial charge in [-0.2, -0.15) is 0 Å². The van der Waals surface area contributed by atoms with E-state index in [0.29, 0.717) is 5.56 Å². The summed E-state index contributed by atoms with van der Waals surface area (Å²) in [5.41, 5.74) is 5.17. The fraction of sp³-hybridized carbons (Fsp3) is 0.345. The smallest absolute Gasteiger partial charge is 0.262 e. The van der Waals surface area contributed by atoms with Gasteiger partial charge in [-0.05, 0) is 80.5 Å². The molecule has 0 saturated carbocycles. The van der Waals surface area contributed by atoms with Gasteiger partial charge in [-0.1, -0.05) is 48.5 Å². The topological polar surface area (TPSA) is 78.5 Å². The zero-order valence-electron chi connectivity index (χ0n) is 21.9. The molecule has 1 amide bonds. The fourth-order valence-electron chi connectivity index (χ4n) is 4.89. The Morgan fingerprint density at radius 2 is 1.46 bits per heavy atom. The maximum Gasteiger partial charge on any atom is 0.262 e. The molecule has 37 heavy (non-hydrogen) atoms. The van der Waals surface area contributed by atoms with E-state index >= 15 is 0 Å². The van der Waals surface area contributed by atoms with Crippen molar-refractivity contribution in [2.24, 2.45) is 0 Å². The molecule has 0 unspecified atom stereocenters. The minimum Gasteiger partial charge on any atom is -0.349 e. The van der Waals surface area contributed by atoms with Crippen molar-refractivity contribution in [1.82, 2.24) is 10.2 Å². The van der Waals surface area contributed by atoms with Crippen molar-refractivity contribution in [3.05, 3.63) is 94.0 Å². The Labute approximate surface area is 226 Å². The molecule has 0 aliphatic carbocycles. The van der Waals surface area contributed by atoms with Crippen molar-refractivity contribution in [3.8, 4) is 0 Å². The van der Waals surface area contributed by atoms with Crippen molar-refractivity contribution in [2.75, 3.05) is 17.8 Å². The van der Waals surface area contributed by atoms with Crippen LogP contribution in [0.1, 0.15) is 51.0 Å². The summed E-state index contributed by atoms with van der Waals surface area (Å²) < 4.78 is 29.6. The molecule has 8 heteroatoms. The average molecular weight is 542 g/mol. The van der Waals surface area contributed by atoms with E-state index in [1.807, 2.05) is 39.8 Å². The van der Waals surface area contributed by atoms with Crippen LogP contribution in [0.2, 0.25) is 0 Å². The van der Waals surface area contributed by atoms with Crippen LogP contribution < -0.4 is 10.0 Å². The number of carbonyl (C=O) groups is 1. The van der Waals surface area contributed by atoms with E-state index in [0.717, 1.165) is 54.7 Å². The van der Waals surface area contributed by atoms with Crippen LogP contribution in [0.3, 0.4) is 0 Å². The number of aryl methyl sites for hydroxylation is 2. The monoisotopic (exact) mass is 541 g/mol. The second kappa shape index (κ2) is 12.1. The summed E-state index contributed by atoms with van der Waals surface area (Å²) in [5.74, 6) is -0.260. The van der Waals surface area contributed by atoms with E-state index in [4.69, 9.17) is 0 Å². The fourth-order valence-corrected chi connectivity index (χ4v) is 6.59. The van der Waals surface area contributed by atoms with E-state index in [9.17, 15) is 13.2 Å². The summed E-state index contributed by atoms with van der Waals surface area (Å²) in [4.78, 5) is 15.9. The van der Waals surface area contributed by atoms with Crippen LogP contribution in [0.25, 0.3) is 0 Å². The number of anilines is 1. The van der Waals surface area contributed by atoms with Crippen molar-refractivity contribution in [3.63, 3.8) is 0 Å². The van der Waals surface area contributed by atoms with Gasteiger partial charge in [0.1, 0.15) is 0 Å². The first kappa shape index (κ1) is 28.7. The van der Waals surface area contributed by atoms with Gasteiger partial charge < -0.3 is 5.32 Å². The van der Waals surface area contributed by atoms with Crippen molar-refractivity contribution in [2.45, 2.75) is 58.0 Å². The molecule has 2 N–H and O–H groups in total. The molecular formula is C29H36ClN3O3S. The Kier molecular flexibility index (Phi) is 9.40. The summed E-state index contributed by atoms with van der Waals surface area (Å²) in [5, 5.41) is 3.13. The summed E-state index contributed by atoms with van der Waals surface area (Å²) >= 11 is 0. The summed E-state index contributed by atoms with van der Waals surface area (Å²) in [6, 6.07) is 19.2. The molecule has 0 radical (unpaired) electrons. The van der Waals surface area contributed by atoms with Gasteiger partial charge in [0.2, 0.25) is 0 Å². The molecule has 3 aromatic rings. The minimum atomic E-state index is -3.88. The number of nitrogens with zero attached hydrogens (tertiary/aromatic N) is 1. The predicted octanol–water partition coefficient (Wildman–Crippen LogP) is 5.54. The number of likely N-dealkylation sites (tertiary alicyclic amines) is 1. The molecule has 1 aliphatic heterocycles. The molecule has 0 atom stereocenters. The maximum atomic E-state index is 13.5. The molecule has 6 nitrogen and oxygen atoms in total. The van der Waals surface area contributed by atoms with E-state index in [-0.39, 0.29) is 34.9 Å². The molecule has 4 rings (SSSR count). The lowest BCUT2D eigenvalue weighted by molar-refractivity contribution is 0.0910. The number of sulfonamides is 1. The highest BCUT2D eigenvalue weighted by atomic mass is 35.5. The summed E-state index contributed by atoms with van der Waals surface area (Å²) in [6.07, 6.45) is 1.71. The van der Waals surface area contributed by atoms with Gasteiger partial charge in [-0.3, -0.25) is 14.4 Å². The molecular weight excluding hydrogens is 506 g/mol. The lowest BCUT2D eigenvalue weighted by Crippen LogP contribution is -2.44. The number of amides is 1. The van der Waals surface area contributed by atoms with Gasteiger partial charge in [-0.25, -0.2) is 8.42 Å². The van der Waals surface area contributed by atoms with Crippen LogP contribution >= 0.6 is 12.4 Å². The number of nitrogens with one attached hydrogen (secondary N) is 2. The van der Waals surface area contributed by atoms with Gasteiger partial charge in [-0.15, -0.1) is 12.4 Å². The van der Waals surface area contributed by atoms with Gasteiger partial charge in [0.15, 0.2) is 0 Å².